The van der Waals surface area contributed by atoms with Gasteiger partial charge in [-0.05, 0) is 30.2 Å². The quantitative estimate of drug-likeness (QED) is 0.315. The Morgan fingerprint density at radius 2 is 1.76 bits per heavy atom. The molecule has 0 bridgehead atoms. The van der Waals surface area contributed by atoms with Gasteiger partial charge >= 0.3 is 0 Å². The molecule has 2 aromatic carbocycles. The summed E-state index contributed by atoms with van der Waals surface area (Å²) in [6, 6.07) is 9.31. The number of hydrogen-bond donors (Lipinski definition) is 3. The van der Waals surface area contributed by atoms with Crippen LogP contribution in [0.15, 0.2) is 36.5 Å². The first-order valence-corrected chi connectivity index (χ1v) is 6.48. The molecular formula is C16H16ClNO3. The minimum atomic E-state index is -0.122. The highest BCUT2D eigenvalue weighted by Gasteiger charge is 2.15. The second-order valence-corrected chi connectivity index (χ2v) is 4.96. The van der Waals surface area contributed by atoms with Crippen LogP contribution in [0.25, 0.3) is 21.7 Å². The van der Waals surface area contributed by atoms with Crippen molar-refractivity contribution < 1.29 is 32.3 Å². The zero-order chi connectivity index (χ0) is 14.3. The van der Waals surface area contributed by atoms with Gasteiger partial charge < -0.3 is 27.7 Å². The molecule has 0 unspecified atom stereocenters. The van der Waals surface area contributed by atoms with E-state index in [0.717, 1.165) is 21.9 Å². The van der Waals surface area contributed by atoms with Gasteiger partial charge in [-0.25, -0.2) is 4.57 Å². The van der Waals surface area contributed by atoms with Crippen molar-refractivity contribution in [1.82, 2.24) is 0 Å². The van der Waals surface area contributed by atoms with E-state index in [2.05, 4.69) is 0 Å². The highest BCUT2D eigenvalue weighted by atomic mass is 35.5. The minimum Gasteiger partial charge on any atom is -1.00 e. The Kier molecular flexibility index (Phi) is 4.21. The third-order valence-electron chi connectivity index (χ3n) is 3.65. The molecule has 3 N–H and O–H groups in total. The number of aryl methyl sites for hydroxylation is 1. The van der Waals surface area contributed by atoms with Gasteiger partial charge in [0.2, 0.25) is 5.52 Å². The monoisotopic (exact) mass is 305 g/mol. The fourth-order valence-electron chi connectivity index (χ4n) is 2.62. The van der Waals surface area contributed by atoms with Crippen molar-refractivity contribution in [1.29, 1.82) is 0 Å². The van der Waals surface area contributed by atoms with Gasteiger partial charge in [-0.15, -0.1) is 0 Å². The number of aromatic nitrogens is 1. The first kappa shape index (κ1) is 15.4. The Morgan fingerprint density at radius 3 is 2.48 bits per heavy atom. The Bertz CT molecular complexity index is 818. The van der Waals surface area contributed by atoms with Gasteiger partial charge in [0.15, 0.2) is 17.7 Å². The Morgan fingerprint density at radius 1 is 1.00 bits per heavy atom. The topological polar surface area (TPSA) is 64.6 Å². The van der Waals surface area contributed by atoms with Crippen LogP contribution in [0, 0.1) is 0 Å². The number of phenolic OH excluding ortho intramolecular Hbond substituents is 2. The largest absolute Gasteiger partial charge is 1.00 e. The number of benzene rings is 2. The molecule has 1 heterocycles. The highest BCUT2D eigenvalue weighted by molar-refractivity contribution is 6.06. The lowest BCUT2D eigenvalue weighted by Crippen LogP contribution is -3.00. The molecule has 5 heteroatoms. The molecule has 0 aliphatic carbocycles. The smallest absolute Gasteiger partial charge is 0.212 e. The number of aromatic hydroxyl groups is 2. The van der Waals surface area contributed by atoms with Crippen LogP contribution < -0.4 is 17.0 Å². The van der Waals surface area contributed by atoms with Gasteiger partial charge in [-0.1, -0.05) is 6.07 Å². The summed E-state index contributed by atoms with van der Waals surface area (Å²) in [5, 5.41) is 31.2. The molecule has 110 valence electrons. The first-order valence-electron chi connectivity index (χ1n) is 6.48. The number of halogens is 1. The summed E-state index contributed by atoms with van der Waals surface area (Å²) in [7, 11) is 1.90. The number of phenols is 2. The lowest BCUT2D eigenvalue weighted by Gasteiger charge is -2.07. The van der Waals surface area contributed by atoms with Crippen molar-refractivity contribution in [2.45, 2.75) is 6.42 Å². The van der Waals surface area contributed by atoms with Crippen molar-refractivity contribution in [2.75, 3.05) is 6.61 Å². The molecule has 0 fully saturated rings. The van der Waals surface area contributed by atoms with E-state index in [-0.39, 0.29) is 30.5 Å². The number of aliphatic hydroxyl groups excluding tert-OH is 1. The molecule has 3 aromatic rings. The molecular weight excluding hydrogens is 290 g/mol. The molecule has 0 radical (unpaired) electrons. The number of aliphatic hydroxyl groups is 1. The van der Waals surface area contributed by atoms with Crippen LogP contribution >= 0.6 is 0 Å². The number of pyridine rings is 1. The molecule has 0 saturated carbocycles. The third kappa shape index (κ3) is 2.48. The summed E-state index contributed by atoms with van der Waals surface area (Å²) in [5.74, 6) is -0.226. The maximum atomic E-state index is 10.0. The predicted octanol–water partition coefficient (Wildman–Crippen LogP) is -1.23. The zero-order valence-electron chi connectivity index (χ0n) is 11.5. The van der Waals surface area contributed by atoms with E-state index in [1.165, 1.54) is 6.07 Å². The van der Waals surface area contributed by atoms with Gasteiger partial charge in [0.1, 0.15) is 7.05 Å². The van der Waals surface area contributed by atoms with E-state index in [9.17, 15) is 10.2 Å². The van der Waals surface area contributed by atoms with Crippen LogP contribution in [0.5, 0.6) is 11.5 Å². The van der Waals surface area contributed by atoms with Crippen LogP contribution in [-0.2, 0) is 13.5 Å². The maximum Gasteiger partial charge on any atom is 0.212 e. The fraction of sp³-hybridized carbons (Fsp3) is 0.188. The van der Waals surface area contributed by atoms with E-state index < -0.39 is 0 Å². The Balaban J connectivity index is 0.00000161. The molecule has 3 rings (SSSR count). The van der Waals surface area contributed by atoms with Crippen molar-refractivity contribution in [3.05, 3.63) is 42.1 Å². The van der Waals surface area contributed by atoms with Crippen LogP contribution in [-0.4, -0.2) is 21.9 Å². The summed E-state index contributed by atoms with van der Waals surface area (Å²) >= 11 is 0. The summed E-state index contributed by atoms with van der Waals surface area (Å²) in [6.45, 7) is 0.106. The Hall–Kier alpha value is -2.04. The molecule has 0 aliphatic rings. The van der Waals surface area contributed by atoms with E-state index in [1.54, 1.807) is 12.3 Å². The molecule has 21 heavy (non-hydrogen) atoms. The summed E-state index contributed by atoms with van der Waals surface area (Å²) in [4.78, 5) is 0. The Labute approximate surface area is 128 Å². The molecule has 0 aliphatic heterocycles. The van der Waals surface area contributed by atoms with E-state index >= 15 is 0 Å². The maximum absolute atomic E-state index is 10.0. The van der Waals surface area contributed by atoms with Crippen LogP contribution in [0.4, 0.5) is 0 Å². The van der Waals surface area contributed by atoms with E-state index in [0.29, 0.717) is 11.8 Å². The first-order chi connectivity index (χ1) is 9.61. The summed E-state index contributed by atoms with van der Waals surface area (Å²) in [6.07, 6.45) is 2.40. The number of fused-ring (bicyclic) bond motifs is 3. The average molecular weight is 306 g/mol. The lowest BCUT2D eigenvalue weighted by atomic mass is 10.0. The second-order valence-electron chi connectivity index (χ2n) is 4.96. The molecule has 0 spiro atoms. The molecule has 4 nitrogen and oxygen atoms in total. The molecule has 0 amide bonds. The van der Waals surface area contributed by atoms with Gasteiger partial charge in [0.25, 0.3) is 0 Å². The zero-order valence-corrected chi connectivity index (χ0v) is 12.3. The predicted molar refractivity (Wildman–Crippen MR) is 76.7 cm³/mol. The average Bonchev–Trinajstić information content (AvgIpc) is 2.44. The van der Waals surface area contributed by atoms with E-state index in [1.807, 2.05) is 29.8 Å². The van der Waals surface area contributed by atoms with Gasteiger partial charge in [-0.3, -0.25) is 0 Å². The standard InChI is InChI=1S/C16H15NO3.ClH/c1-17-9-13-11(3-5-15(19)16(13)20)12-8-10(6-7-18)2-4-14(12)17;/h2-5,8-9,18-19H,6-7H2,1H3;1H. The molecule has 1 aromatic heterocycles. The van der Waals surface area contributed by atoms with E-state index in [4.69, 9.17) is 5.11 Å². The number of hydrogen-bond acceptors (Lipinski definition) is 3. The number of rotatable bonds is 2. The summed E-state index contributed by atoms with van der Waals surface area (Å²) in [5.41, 5.74) is 2.07. The SMILES string of the molecule is C[n+]1cc2c(O)c(O)ccc2c2cc(CCO)ccc21.[Cl-]. The molecule has 0 atom stereocenters. The van der Waals surface area contributed by atoms with Crippen molar-refractivity contribution in [3.8, 4) is 11.5 Å². The summed E-state index contributed by atoms with van der Waals surface area (Å²) < 4.78 is 1.92. The van der Waals surface area contributed by atoms with Gasteiger partial charge in [0, 0.05) is 18.1 Å². The number of nitrogens with zero attached hydrogens (tertiary/aromatic N) is 1. The van der Waals surface area contributed by atoms with Crippen LogP contribution in [0.2, 0.25) is 0 Å². The van der Waals surface area contributed by atoms with Crippen LogP contribution in [0.1, 0.15) is 5.56 Å². The van der Waals surface area contributed by atoms with Gasteiger partial charge in [-0.2, -0.15) is 0 Å². The molecule has 0 saturated heterocycles. The fourth-order valence-corrected chi connectivity index (χ4v) is 2.62. The lowest BCUT2D eigenvalue weighted by molar-refractivity contribution is -0.643. The van der Waals surface area contributed by atoms with Crippen molar-refractivity contribution in [3.63, 3.8) is 0 Å². The third-order valence-corrected chi connectivity index (χ3v) is 3.65. The minimum absolute atomic E-state index is 0. The van der Waals surface area contributed by atoms with Crippen LogP contribution in [0.3, 0.4) is 0 Å². The normalized spacial score (nSPS) is 10.8. The highest BCUT2D eigenvalue weighted by Crippen LogP contribution is 2.35. The van der Waals surface area contributed by atoms with Crippen molar-refractivity contribution in [2.24, 2.45) is 7.05 Å². The van der Waals surface area contributed by atoms with Crippen molar-refractivity contribution >= 4 is 21.7 Å². The van der Waals surface area contributed by atoms with Gasteiger partial charge in [0.05, 0.1) is 10.8 Å². The second kappa shape index (κ2) is 5.76.